The summed E-state index contributed by atoms with van der Waals surface area (Å²) in [5, 5.41) is 19.6. The lowest BCUT2D eigenvalue weighted by Crippen LogP contribution is -2.56. The average Bonchev–Trinajstić information content (AvgIpc) is 3.11. The van der Waals surface area contributed by atoms with Gasteiger partial charge < -0.3 is 10.2 Å². The van der Waals surface area contributed by atoms with Crippen LogP contribution < -0.4 is 0 Å². The molecule has 4 saturated carbocycles. The number of carboxylic acids is 2. The van der Waals surface area contributed by atoms with Crippen molar-refractivity contribution in [2.75, 3.05) is 0 Å². The monoisotopic (exact) mass is 460 g/mol. The van der Waals surface area contributed by atoms with Crippen molar-refractivity contribution in [1.29, 1.82) is 0 Å². The SMILES string of the molecule is CCCCCCCCC1CCC2C3CCC4CC(C(=O)O)C(C(=O)O)CC4(C)C3CCC12C. The number of carboxylic acid groups (broad SMARTS) is 2. The average molecular weight is 461 g/mol. The van der Waals surface area contributed by atoms with Crippen LogP contribution in [0.15, 0.2) is 0 Å². The zero-order chi connectivity index (χ0) is 23.8. The molecule has 0 aromatic rings. The molecule has 0 heterocycles. The number of hydrogen-bond donors (Lipinski definition) is 2. The maximum absolute atomic E-state index is 12.0. The van der Waals surface area contributed by atoms with Crippen molar-refractivity contribution >= 4 is 11.9 Å². The summed E-state index contributed by atoms with van der Waals surface area (Å²) in [6.45, 7) is 7.22. The Morgan fingerprint density at radius 3 is 2.15 bits per heavy atom. The summed E-state index contributed by atoms with van der Waals surface area (Å²) in [7, 11) is 0. The highest BCUT2D eigenvalue weighted by molar-refractivity contribution is 5.80. The molecule has 0 aromatic carbocycles. The van der Waals surface area contributed by atoms with E-state index in [-0.39, 0.29) is 5.41 Å². The summed E-state index contributed by atoms with van der Waals surface area (Å²) in [4.78, 5) is 23.9. The Labute approximate surface area is 201 Å². The van der Waals surface area contributed by atoms with Crippen LogP contribution in [0.3, 0.4) is 0 Å². The van der Waals surface area contributed by atoms with Crippen LogP contribution >= 0.6 is 0 Å². The molecule has 0 spiro atoms. The van der Waals surface area contributed by atoms with Gasteiger partial charge in [-0.2, -0.15) is 0 Å². The van der Waals surface area contributed by atoms with Crippen molar-refractivity contribution in [3.05, 3.63) is 0 Å². The summed E-state index contributed by atoms with van der Waals surface area (Å²) < 4.78 is 0. The molecule has 9 atom stereocenters. The minimum absolute atomic E-state index is 0.00336. The zero-order valence-corrected chi connectivity index (χ0v) is 21.4. The number of unbranched alkanes of at least 4 members (excludes halogenated alkanes) is 5. The van der Waals surface area contributed by atoms with E-state index in [1.54, 1.807) is 0 Å². The van der Waals surface area contributed by atoms with Crippen molar-refractivity contribution < 1.29 is 19.8 Å². The summed E-state index contributed by atoms with van der Waals surface area (Å²) in [6.07, 6.45) is 18.4. The minimum Gasteiger partial charge on any atom is -0.481 e. The third-order valence-electron chi connectivity index (χ3n) is 11.5. The number of fused-ring (bicyclic) bond motifs is 5. The normalized spacial score (nSPS) is 44.5. The molecule has 0 saturated heterocycles. The molecule has 9 unspecified atom stereocenters. The van der Waals surface area contributed by atoms with Crippen LogP contribution in [0.25, 0.3) is 0 Å². The molecular formula is C29H48O4. The van der Waals surface area contributed by atoms with E-state index in [9.17, 15) is 19.8 Å². The first kappa shape index (κ1) is 25.0. The number of hydrogen-bond acceptors (Lipinski definition) is 2. The third kappa shape index (κ3) is 4.49. The van der Waals surface area contributed by atoms with Crippen LogP contribution in [0.4, 0.5) is 0 Å². The van der Waals surface area contributed by atoms with Crippen molar-refractivity contribution in [3.8, 4) is 0 Å². The van der Waals surface area contributed by atoms with Crippen molar-refractivity contribution in [2.24, 2.45) is 52.3 Å². The fraction of sp³-hybridized carbons (Fsp3) is 0.931. The minimum atomic E-state index is -0.906. The Morgan fingerprint density at radius 1 is 0.788 bits per heavy atom. The Kier molecular flexibility index (Phi) is 7.51. The standard InChI is InChI=1S/C29H48O4/c1-4-5-6-7-8-9-10-19-12-14-24-21-13-11-20-17-22(26(30)31)23(27(32)33)18-29(20,3)25(21)15-16-28(19,24)2/h19-25H,4-18H2,1-3H3,(H,30,31)(H,32,33). The van der Waals surface area contributed by atoms with Gasteiger partial charge in [-0.3, -0.25) is 9.59 Å². The van der Waals surface area contributed by atoms with Gasteiger partial charge in [-0.1, -0.05) is 59.3 Å². The Balaban J connectivity index is 1.44. The second-order valence-corrected chi connectivity index (χ2v) is 12.9. The number of aliphatic carboxylic acids is 2. The largest absolute Gasteiger partial charge is 0.481 e. The van der Waals surface area contributed by atoms with Crippen LogP contribution in [-0.2, 0) is 9.59 Å². The molecule has 4 aliphatic carbocycles. The van der Waals surface area contributed by atoms with Crippen LogP contribution in [0.2, 0.25) is 0 Å². The van der Waals surface area contributed by atoms with E-state index in [1.807, 2.05) is 0 Å². The van der Waals surface area contributed by atoms with Crippen LogP contribution in [0.1, 0.15) is 117 Å². The van der Waals surface area contributed by atoms with Gasteiger partial charge in [0.25, 0.3) is 0 Å². The zero-order valence-electron chi connectivity index (χ0n) is 21.4. The second kappa shape index (κ2) is 9.90. The molecule has 0 bridgehead atoms. The summed E-state index contributed by atoms with van der Waals surface area (Å²) in [6, 6.07) is 0. The predicted octanol–water partition coefficient (Wildman–Crippen LogP) is 7.41. The topological polar surface area (TPSA) is 74.6 Å². The lowest BCUT2D eigenvalue weighted by Gasteiger charge is -2.61. The van der Waals surface area contributed by atoms with Gasteiger partial charge in [-0.05, 0) is 98.2 Å². The van der Waals surface area contributed by atoms with Crippen LogP contribution in [-0.4, -0.2) is 22.2 Å². The van der Waals surface area contributed by atoms with E-state index in [2.05, 4.69) is 20.8 Å². The fourth-order valence-electron chi connectivity index (χ4n) is 9.61. The van der Waals surface area contributed by atoms with Crippen molar-refractivity contribution in [1.82, 2.24) is 0 Å². The molecule has 4 heteroatoms. The number of rotatable bonds is 9. The van der Waals surface area contributed by atoms with Crippen molar-refractivity contribution in [2.45, 2.75) is 117 Å². The van der Waals surface area contributed by atoms with Gasteiger partial charge in [0, 0.05) is 0 Å². The quantitative estimate of drug-likeness (QED) is 0.351. The molecule has 4 fully saturated rings. The van der Waals surface area contributed by atoms with Gasteiger partial charge in [0.05, 0.1) is 11.8 Å². The fourth-order valence-corrected chi connectivity index (χ4v) is 9.61. The highest BCUT2D eigenvalue weighted by Gasteiger charge is 2.62. The van der Waals surface area contributed by atoms with E-state index >= 15 is 0 Å². The molecule has 0 amide bonds. The molecule has 33 heavy (non-hydrogen) atoms. The Morgan fingerprint density at radius 2 is 1.45 bits per heavy atom. The Bertz CT molecular complexity index is 718. The maximum atomic E-state index is 12.0. The lowest BCUT2D eigenvalue weighted by molar-refractivity contribution is -0.172. The van der Waals surface area contributed by atoms with E-state index in [1.165, 1.54) is 77.0 Å². The summed E-state index contributed by atoms with van der Waals surface area (Å²) in [5.74, 6) is 0.100. The molecule has 0 aromatic heterocycles. The predicted molar refractivity (Wildman–Crippen MR) is 131 cm³/mol. The second-order valence-electron chi connectivity index (χ2n) is 12.9. The van der Waals surface area contributed by atoms with E-state index in [0.717, 1.165) is 24.2 Å². The molecule has 2 N–H and O–H groups in total. The van der Waals surface area contributed by atoms with Gasteiger partial charge in [-0.25, -0.2) is 0 Å². The van der Waals surface area contributed by atoms with Crippen LogP contribution in [0.5, 0.6) is 0 Å². The molecule has 0 radical (unpaired) electrons. The lowest BCUT2D eigenvalue weighted by atomic mass is 9.43. The molecule has 4 nitrogen and oxygen atoms in total. The van der Waals surface area contributed by atoms with E-state index < -0.39 is 23.8 Å². The van der Waals surface area contributed by atoms with Gasteiger partial charge in [0.2, 0.25) is 0 Å². The van der Waals surface area contributed by atoms with Gasteiger partial charge in [-0.15, -0.1) is 0 Å². The third-order valence-corrected chi connectivity index (χ3v) is 11.5. The van der Waals surface area contributed by atoms with E-state index in [0.29, 0.717) is 30.1 Å². The molecule has 4 aliphatic rings. The van der Waals surface area contributed by atoms with Gasteiger partial charge in [0.1, 0.15) is 0 Å². The van der Waals surface area contributed by atoms with E-state index in [4.69, 9.17) is 0 Å². The summed E-state index contributed by atoms with van der Waals surface area (Å²) >= 11 is 0. The number of carbonyl (C=O) groups is 2. The first-order chi connectivity index (χ1) is 15.7. The van der Waals surface area contributed by atoms with Gasteiger partial charge in [0.15, 0.2) is 0 Å². The first-order valence-corrected chi connectivity index (χ1v) is 14.2. The van der Waals surface area contributed by atoms with Crippen molar-refractivity contribution in [3.63, 3.8) is 0 Å². The Hall–Kier alpha value is -1.06. The molecule has 4 rings (SSSR count). The molecule has 0 aliphatic heterocycles. The highest BCUT2D eigenvalue weighted by Crippen LogP contribution is 2.68. The van der Waals surface area contributed by atoms with Crippen LogP contribution in [0, 0.1) is 52.3 Å². The molecular weight excluding hydrogens is 412 g/mol. The first-order valence-electron chi connectivity index (χ1n) is 14.2. The maximum Gasteiger partial charge on any atom is 0.307 e. The smallest absolute Gasteiger partial charge is 0.307 e. The highest BCUT2D eigenvalue weighted by atomic mass is 16.4. The van der Waals surface area contributed by atoms with Gasteiger partial charge >= 0.3 is 11.9 Å². The summed E-state index contributed by atoms with van der Waals surface area (Å²) in [5.41, 5.74) is 0.467. The molecule has 188 valence electrons.